The minimum atomic E-state index is -4.86. The Labute approximate surface area is 204 Å². The Kier molecular flexibility index (Phi) is 8.69. The molecule has 12 heteroatoms. The van der Waals surface area contributed by atoms with Crippen LogP contribution in [0.15, 0.2) is 52.6 Å². The number of hydrogen-bond acceptors (Lipinski definition) is 6. The van der Waals surface area contributed by atoms with Gasteiger partial charge in [-0.15, -0.1) is 13.2 Å². The van der Waals surface area contributed by atoms with Gasteiger partial charge in [0.1, 0.15) is 18.3 Å². The largest absolute Gasteiger partial charge is 0.573 e. The first-order valence-electron chi connectivity index (χ1n) is 10.7. The fraction of sp³-hybridized carbons (Fsp3) is 0.304. The summed E-state index contributed by atoms with van der Waals surface area (Å²) < 4.78 is 42.4. The van der Waals surface area contributed by atoms with E-state index in [1.165, 1.54) is 53.7 Å². The van der Waals surface area contributed by atoms with Gasteiger partial charge in [-0.3, -0.25) is 14.6 Å². The van der Waals surface area contributed by atoms with Crippen LogP contribution in [0.4, 0.5) is 18.9 Å². The number of anilines is 1. The Morgan fingerprint density at radius 2 is 1.94 bits per heavy atom. The molecule has 0 aliphatic carbocycles. The van der Waals surface area contributed by atoms with Gasteiger partial charge in [0.2, 0.25) is 11.8 Å². The van der Waals surface area contributed by atoms with Crippen molar-refractivity contribution in [3.63, 3.8) is 0 Å². The van der Waals surface area contributed by atoms with Gasteiger partial charge in [0.25, 0.3) is 0 Å². The Morgan fingerprint density at radius 3 is 2.66 bits per heavy atom. The lowest BCUT2D eigenvalue weighted by molar-refractivity contribution is -0.274. The number of amides is 2. The zero-order valence-corrected chi connectivity index (χ0v) is 19.2. The maximum absolute atomic E-state index is 13.0. The van der Waals surface area contributed by atoms with E-state index in [1.54, 1.807) is 6.07 Å². The zero-order chi connectivity index (χ0) is 25.4. The van der Waals surface area contributed by atoms with Crippen molar-refractivity contribution >= 4 is 41.5 Å². The molecule has 1 atom stereocenters. The second-order valence-corrected chi connectivity index (χ2v) is 8.02. The van der Waals surface area contributed by atoms with Crippen LogP contribution in [-0.2, 0) is 9.59 Å². The smallest absolute Gasteiger partial charge is 0.405 e. The summed E-state index contributed by atoms with van der Waals surface area (Å²) in [5, 5.41) is 6.12. The van der Waals surface area contributed by atoms with E-state index < -0.39 is 24.1 Å². The second kappa shape index (κ2) is 11.7. The van der Waals surface area contributed by atoms with Gasteiger partial charge in [0.15, 0.2) is 0 Å². The van der Waals surface area contributed by atoms with Crippen molar-refractivity contribution in [2.75, 3.05) is 18.4 Å². The quantitative estimate of drug-likeness (QED) is 0.330. The molecule has 1 heterocycles. The molecule has 2 amide bonds. The van der Waals surface area contributed by atoms with Crippen molar-refractivity contribution in [3.8, 4) is 16.9 Å². The molecule has 2 aromatic rings. The van der Waals surface area contributed by atoms with Crippen molar-refractivity contribution in [1.29, 1.82) is 0 Å². The molecule has 0 aromatic heterocycles. The third kappa shape index (κ3) is 7.19. The van der Waals surface area contributed by atoms with E-state index in [1.807, 2.05) is 0 Å². The monoisotopic (exact) mass is 509 g/mol. The van der Waals surface area contributed by atoms with E-state index in [0.29, 0.717) is 24.2 Å². The Hall–Kier alpha value is -3.60. The number of carbonyl (C=O) groups is 2. The number of nitrogens with one attached hydrogen (secondary N) is 1. The number of hydrogen-bond donors (Lipinski definition) is 2. The summed E-state index contributed by atoms with van der Waals surface area (Å²) in [6, 6.07) is 9.39. The Balaban J connectivity index is 1.75. The standard InChI is InChI=1S/C23H23ClF3N5O3/c24-18-13-15(8-9-16(18)17-5-1-2-7-20(17)35-23(25,26)27)31-22(34)19-6-3-4-12-32(19)21(33)14-29-10-11-30-28/h1-2,5,7-11,13,19H,3-4,6,12,14,28H2,(H,31,34). The number of benzene rings is 2. The third-order valence-electron chi connectivity index (χ3n) is 5.25. The van der Waals surface area contributed by atoms with Crippen LogP contribution in [0.5, 0.6) is 5.75 Å². The highest BCUT2D eigenvalue weighted by molar-refractivity contribution is 6.33. The lowest BCUT2D eigenvalue weighted by atomic mass is 10.0. The molecule has 2 aromatic carbocycles. The van der Waals surface area contributed by atoms with Crippen LogP contribution in [-0.4, -0.2) is 54.6 Å². The number of para-hydroxylation sites is 1. The average molecular weight is 510 g/mol. The van der Waals surface area contributed by atoms with Gasteiger partial charge < -0.3 is 20.8 Å². The van der Waals surface area contributed by atoms with Crippen LogP contribution in [0.1, 0.15) is 19.3 Å². The molecule has 186 valence electrons. The number of hydrazone groups is 1. The van der Waals surface area contributed by atoms with Crippen LogP contribution in [0, 0.1) is 0 Å². The highest BCUT2D eigenvalue weighted by Crippen LogP contribution is 2.38. The Morgan fingerprint density at radius 1 is 1.17 bits per heavy atom. The molecular formula is C23H23ClF3N5O3. The molecule has 1 aliphatic rings. The highest BCUT2D eigenvalue weighted by atomic mass is 35.5. The minimum absolute atomic E-state index is 0.119. The van der Waals surface area contributed by atoms with Gasteiger partial charge in [-0.25, -0.2) is 0 Å². The topological polar surface area (TPSA) is 109 Å². The molecule has 35 heavy (non-hydrogen) atoms. The molecule has 3 N–H and O–H groups in total. The normalized spacial score (nSPS) is 16.6. The molecule has 0 saturated carbocycles. The lowest BCUT2D eigenvalue weighted by Crippen LogP contribution is -2.50. The first-order chi connectivity index (χ1) is 16.7. The predicted molar refractivity (Wildman–Crippen MR) is 128 cm³/mol. The number of ether oxygens (including phenoxy) is 1. The highest BCUT2D eigenvalue weighted by Gasteiger charge is 2.33. The van der Waals surface area contributed by atoms with Gasteiger partial charge >= 0.3 is 6.36 Å². The van der Waals surface area contributed by atoms with E-state index >= 15 is 0 Å². The van der Waals surface area contributed by atoms with E-state index in [2.05, 4.69) is 20.1 Å². The van der Waals surface area contributed by atoms with Crippen molar-refractivity contribution in [2.24, 2.45) is 15.9 Å². The minimum Gasteiger partial charge on any atom is -0.405 e. The fourth-order valence-corrected chi connectivity index (χ4v) is 4.03. The summed E-state index contributed by atoms with van der Waals surface area (Å²) in [6.07, 6.45) is -0.278. The molecule has 0 bridgehead atoms. The predicted octanol–water partition coefficient (Wildman–Crippen LogP) is 4.24. The van der Waals surface area contributed by atoms with Gasteiger partial charge in [0, 0.05) is 29.6 Å². The van der Waals surface area contributed by atoms with Crippen molar-refractivity contribution in [1.82, 2.24) is 4.90 Å². The number of alkyl halides is 3. The molecular weight excluding hydrogens is 487 g/mol. The van der Waals surface area contributed by atoms with Crippen molar-refractivity contribution in [2.45, 2.75) is 31.7 Å². The molecule has 1 saturated heterocycles. The van der Waals surface area contributed by atoms with Crippen LogP contribution >= 0.6 is 11.6 Å². The molecule has 1 aliphatic heterocycles. The molecule has 1 unspecified atom stereocenters. The SMILES string of the molecule is NN=CC=NCC(=O)N1CCCCC1C(=O)Nc1ccc(-c2ccccc2OC(F)(F)F)c(Cl)c1. The van der Waals surface area contributed by atoms with Crippen molar-refractivity contribution < 1.29 is 27.5 Å². The number of rotatable bonds is 7. The number of likely N-dealkylation sites (tertiary alicyclic amines) is 1. The molecule has 8 nitrogen and oxygen atoms in total. The molecule has 0 radical (unpaired) electrons. The van der Waals surface area contributed by atoms with E-state index in [-0.39, 0.29) is 23.0 Å². The van der Waals surface area contributed by atoms with Crippen LogP contribution in [0.2, 0.25) is 5.02 Å². The Bertz CT molecular complexity index is 1120. The second-order valence-electron chi connectivity index (χ2n) is 7.61. The summed E-state index contributed by atoms with van der Waals surface area (Å²) in [4.78, 5) is 30.9. The average Bonchev–Trinajstić information content (AvgIpc) is 2.81. The molecule has 3 rings (SSSR count). The summed E-state index contributed by atoms with van der Waals surface area (Å²) in [6.45, 7) is 0.281. The van der Waals surface area contributed by atoms with Gasteiger partial charge in [-0.2, -0.15) is 5.10 Å². The van der Waals surface area contributed by atoms with Gasteiger partial charge in [-0.05, 0) is 37.5 Å². The number of aliphatic imine (C=N–C) groups is 1. The fourth-order valence-electron chi connectivity index (χ4n) is 3.75. The number of nitrogens with zero attached hydrogens (tertiary/aromatic N) is 3. The maximum atomic E-state index is 13.0. The number of nitrogens with two attached hydrogens (primary N) is 1. The number of piperidine rings is 1. The van der Waals surface area contributed by atoms with Crippen LogP contribution in [0.3, 0.4) is 0 Å². The zero-order valence-electron chi connectivity index (χ0n) is 18.5. The van der Waals surface area contributed by atoms with E-state index in [0.717, 1.165) is 12.8 Å². The van der Waals surface area contributed by atoms with Crippen LogP contribution < -0.4 is 15.9 Å². The van der Waals surface area contributed by atoms with E-state index in [4.69, 9.17) is 17.4 Å². The summed E-state index contributed by atoms with van der Waals surface area (Å²) >= 11 is 6.35. The summed E-state index contributed by atoms with van der Waals surface area (Å²) in [7, 11) is 0. The third-order valence-corrected chi connectivity index (χ3v) is 5.56. The van der Waals surface area contributed by atoms with Gasteiger partial charge in [0.05, 0.1) is 11.2 Å². The molecule has 0 spiro atoms. The number of halogens is 4. The first kappa shape index (κ1) is 26.0. The van der Waals surface area contributed by atoms with Gasteiger partial charge in [-0.1, -0.05) is 35.9 Å². The van der Waals surface area contributed by atoms with Crippen LogP contribution in [0.25, 0.3) is 11.1 Å². The van der Waals surface area contributed by atoms with Crippen molar-refractivity contribution in [3.05, 3.63) is 47.5 Å². The summed E-state index contributed by atoms with van der Waals surface area (Å²) in [5.74, 6) is 3.89. The maximum Gasteiger partial charge on any atom is 0.573 e. The van der Waals surface area contributed by atoms with E-state index in [9.17, 15) is 22.8 Å². The number of carbonyl (C=O) groups excluding carboxylic acids is 2. The lowest BCUT2D eigenvalue weighted by Gasteiger charge is -2.34. The molecule has 1 fully saturated rings. The first-order valence-corrected chi connectivity index (χ1v) is 11.0. The summed E-state index contributed by atoms with van der Waals surface area (Å²) in [5.41, 5.74) is 0.794.